The molecule has 0 amide bonds. The van der Waals surface area contributed by atoms with Crippen molar-refractivity contribution >= 4 is 5.97 Å². The summed E-state index contributed by atoms with van der Waals surface area (Å²) in [5.74, 6) is 0.701. The fourth-order valence-corrected chi connectivity index (χ4v) is 4.56. The first-order chi connectivity index (χ1) is 16.1. The maximum atomic E-state index is 11.6. The highest BCUT2D eigenvalue weighted by molar-refractivity contribution is 5.73. The van der Waals surface area contributed by atoms with Gasteiger partial charge in [0.05, 0.1) is 7.11 Å². The average molecular weight is 446 g/mol. The summed E-state index contributed by atoms with van der Waals surface area (Å²) in [4.78, 5) is 13.7. The van der Waals surface area contributed by atoms with Gasteiger partial charge in [0.25, 0.3) is 0 Å². The van der Waals surface area contributed by atoms with Gasteiger partial charge in [0.1, 0.15) is 24.1 Å². The molecule has 1 aliphatic heterocycles. The summed E-state index contributed by atoms with van der Waals surface area (Å²) < 4.78 is 11.7. The van der Waals surface area contributed by atoms with Crippen LogP contribution in [0.1, 0.15) is 36.0 Å². The van der Waals surface area contributed by atoms with Crippen LogP contribution in [0.5, 0.6) is 11.5 Å². The third-order valence-corrected chi connectivity index (χ3v) is 6.46. The summed E-state index contributed by atoms with van der Waals surface area (Å²) in [6, 6.07) is 22.0. The second-order valence-corrected chi connectivity index (χ2v) is 8.54. The van der Waals surface area contributed by atoms with E-state index in [1.165, 1.54) is 16.7 Å². The van der Waals surface area contributed by atoms with E-state index in [2.05, 4.69) is 37.3 Å². The molecule has 0 radical (unpaired) electrons. The van der Waals surface area contributed by atoms with E-state index >= 15 is 0 Å². The zero-order valence-electron chi connectivity index (χ0n) is 19.3. The number of hydrogen-bond donors (Lipinski definition) is 1. The van der Waals surface area contributed by atoms with Gasteiger partial charge in [0.15, 0.2) is 0 Å². The molecule has 5 nitrogen and oxygen atoms in total. The number of carboxylic acid groups (broad SMARTS) is 1. The molecule has 0 aliphatic carbocycles. The quantitative estimate of drug-likeness (QED) is 0.483. The molecule has 0 aromatic heterocycles. The number of piperidine rings is 1. The highest BCUT2D eigenvalue weighted by atomic mass is 16.5. The third kappa shape index (κ3) is 5.37. The van der Waals surface area contributed by atoms with Crippen LogP contribution >= 0.6 is 0 Å². The van der Waals surface area contributed by atoms with Crippen LogP contribution < -0.4 is 9.47 Å². The van der Waals surface area contributed by atoms with Gasteiger partial charge in [-0.1, -0.05) is 61.0 Å². The lowest BCUT2D eigenvalue weighted by Crippen LogP contribution is -2.44. The standard InChI is InChI=1S/C28H31NO4/c1-20-23(11-8-12-25(20)21-9-4-3-5-10-21)19-33-24-15-14-22(27(17-24)32-2)18-29-16-7-6-13-26(29)28(30)31/h3-5,8-12,14-15,17,26H,6-7,13,16,18-19H2,1-2H3,(H,30,31). The largest absolute Gasteiger partial charge is 0.496 e. The van der Waals surface area contributed by atoms with Gasteiger partial charge in [-0.25, -0.2) is 0 Å². The van der Waals surface area contributed by atoms with Gasteiger partial charge in [-0.15, -0.1) is 0 Å². The van der Waals surface area contributed by atoms with Crippen molar-refractivity contribution in [1.82, 2.24) is 4.90 Å². The van der Waals surface area contributed by atoms with Gasteiger partial charge in [0.2, 0.25) is 0 Å². The minimum atomic E-state index is -0.748. The first kappa shape index (κ1) is 22.9. The van der Waals surface area contributed by atoms with E-state index in [1.807, 2.05) is 41.3 Å². The smallest absolute Gasteiger partial charge is 0.320 e. The van der Waals surface area contributed by atoms with Crippen molar-refractivity contribution in [1.29, 1.82) is 0 Å². The van der Waals surface area contributed by atoms with Crippen LogP contribution in [-0.4, -0.2) is 35.7 Å². The first-order valence-corrected chi connectivity index (χ1v) is 11.5. The maximum absolute atomic E-state index is 11.6. The highest BCUT2D eigenvalue weighted by Crippen LogP contribution is 2.30. The van der Waals surface area contributed by atoms with Crippen molar-refractivity contribution in [3.8, 4) is 22.6 Å². The molecular formula is C28H31NO4. The zero-order valence-corrected chi connectivity index (χ0v) is 19.3. The summed E-state index contributed by atoms with van der Waals surface area (Å²) in [5.41, 5.74) is 5.72. The minimum Gasteiger partial charge on any atom is -0.496 e. The number of carbonyl (C=O) groups is 1. The van der Waals surface area contributed by atoms with Gasteiger partial charge >= 0.3 is 5.97 Å². The van der Waals surface area contributed by atoms with E-state index in [0.717, 1.165) is 42.0 Å². The van der Waals surface area contributed by atoms with E-state index in [9.17, 15) is 9.90 Å². The Morgan fingerprint density at radius 1 is 1.03 bits per heavy atom. The number of hydrogen-bond acceptors (Lipinski definition) is 4. The van der Waals surface area contributed by atoms with Gasteiger partial charge in [-0.2, -0.15) is 0 Å². The summed E-state index contributed by atoms with van der Waals surface area (Å²) in [5, 5.41) is 9.56. The maximum Gasteiger partial charge on any atom is 0.320 e. The molecule has 1 fully saturated rings. The molecule has 5 heteroatoms. The summed E-state index contributed by atoms with van der Waals surface area (Å²) in [6.45, 7) is 3.93. The van der Waals surface area contributed by atoms with Crippen molar-refractivity contribution in [3.05, 3.63) is 83.4 Å². The minimum absolute atomic E-state index is 0.431. The lowest BCUT2D eigenvalue weighted by atomic mass is 9.97. The van der Waals surface area contributed by atoms with E-state index in [0.29, 0.717) is 19.6 Å². The molecule has 1 N–H and O–H groups in total. The number of likely N-dealkylation sites (tertiary alicyclic amines) is 1. The Hall–Kier alpha value is -3.31. The lowest BCUT2D eigenvalue weighted by molar-refractivity contribution is -0.144. The van der Waals surface area contributed by atoms with Crippen LogP contribution in [0.25, 0.3) is 11.1 Å². The van der Waals surface area contributed by atoms with E-state index in [4.69, 9.17) is 9.47 Å². The first-order valence-electron chi connectivity index (χ1n) is 11.5. The Morgan fingerprint density at radius 2 is 1.85 bits per heavy atom. The molecule has 4 rings (SSSR count). The zero-order chi connectivity index (χ0) is 23.2. The molecule has 3 aromatic carbocycles. The Balaban J connectivity index is 1.47. The predicted octanol–water partition coefficient (Wildman–Crippen LogP) is 5.69. The van der Waals surface area contributed by atoms with Crippen LogP contribution in [0.3, 0.4) is 0 Å². The van der Waals surface area contributed by atoms with Crippen LogP contribution in [0, 0.1) is 6.92 Å². The average Bonchev–Trinajstić information content (AvgIpc) is 2.85. The molecule has 1 heterocycles. The van der Waals surface area contributed by atoms with Crippen molar-refractivity contribution in [2.75, 3.05) is 13.7 Å². The van der Waals surface area contributed by atoms with E-state index in [1.54, 1.807) is 7.11 Å². The summed E-state index contributed by atoms with van der Waals surface area (Å²) in [6.07, 6.45) is 2.68. The van der Waals surface area contributed by atoms with Crippen LogP contribution in [0.2, 0.25) is 0 Å². The van der Waals surface area contributed by atoms with E-state index < -0.39 is 12.0 Å². The number of rotatable bonds is 8. The molecular weight excluding hydrogens is 414 g/mol. The van der Waals surface area contributed by atoms with Crippen LogP contribution in [-0.2, 0) is 17.9 Å². The van der Waals surface area contributed by atoms with Gasteiger partial charge in [0, 0.05) is 18.2 Å². The summed E-state index contributed by atoms with van der Waals surface area (Å²) >= 11 is 0. The fourth-order valence-electron chi connectivity index (χ4n) is 4.56. The predicted molar refractivity (Wildman–Crippen MR) is 130 cm³/mol. The van der Waals surface area contributed by atoms with Crippen LogP contribution in [0.4, 0.5) is 0 Å². The molecule has 1 aliphatic rings. The Kier molecular flexibility index (Phi) is 7.30. The molecule has 1 atom stereocenters. The second kappa shape index (κ2) is 10.5. The molecule has 1 saturated heterocycles. The molecule has 0 spiro atoms. The highest BCUT2D eigenvalue weighted by Gasteiger charge is 2.28. The number of aliphatic carboxylic acids is 1. The number of methoxy groups -OCH3 is 1. The van der Waals surface area contributed by atoms with Gasteiger partial charge in [-0.3, -0.25) is 9.69 Å². The molecule has 1 unspecified atom stereocenters. The van der Waals surface area contributed by atoms with Gasteiger partial charge < -0.3 is 14.6 Å². The fraction of sp³-hybridized carbons (Fsp3) is 0.321. The van der Waals surface area contributed by atoms with Crippen LogP contribution in [0.15, 0.2) is 66.7 Å². The molecule has 0 bridgehead atoms. The van der Waals surface area contributed by atoms with Crippen molar-refractivity contribution in [3.63, 3.8) is 0 Å². The monoisotopic (exact) mass is 445 g/mol. The Labute approximate surface area is 195 Å². The van der Waals surface area contributed by atoms with Crippen molar-refractivity contribution in [2.45, 2.75) is 45.4 Å². The number of ether oxygens (including phenoxy) is 2. The number of carboxylic acids is 1. The number of benzene rings is 3. The molecule has 33 heavy (non-hydrogen) atoms. The van der Waals surface area contributed by atoms with E-state index in [-0.39, 0.29) is 0 Å². The van der Waals surface area contributed by atoms with Gasteiger partial charge in [-0.05, 0) is 54.6 Å². The second-order valence-electron chi connectivity index (χ2n) is 8.54. The lowest BCUT2D eigenvalue weighted by Gasteiger charge is -2.33. The Bertz CT molecular complexity index is 1100. The molecule has 0 saturated carbocycles. The number of nitrogens with zero attached hydrogens (tertiary/aromatic N) is 1. The third-order valence-electron chi connectivity index (χ3n) is 6.46. The molecule has 172 valence electrons. The molecule has 3 aromatic rings. The van der Waals surface area contributed by atoms with Crippen molar-refractivity contribution < 1.29 is 19.4 Å². The normalized spacial score (nSPS) is 16.4. The summed E-state index contributed by atoms with van der Waals surface area (Å²) in [7, 11) is 1.64. The topological polar surface area (TPSA) is 59.0 Å². The Morgan fingerprint density at radius 3 is 2.61 bits per heavy atom. The SMILES string of the molecule is COc1cc(OCc2cccc(-c3ccccc3)c2C)ccc1CN1CCCCC1C(=O)O. The van der Waals surface area contributed by atoms with Crippen molar-refractivity contribution in [2.24, 2.45) is 0 Å².